The van der Waals surface area contributed by atoms with Crippen LogP contribution in [0.1, 0.15) is 11.1 Å². The molecule has 2 aromatic rings. The third kappa shape index (κ3) is 1.83. The van der Waals surface area contributed by atoms with E-state index in [1.165, 1.54) is 11.1 Å². The predicted octanol–water partition coefficient (Wildman–Crippen LogP) is 1.89. The predicted molar refractivity (Wildman–Crippen MR) is 68.4 cm³/mol. The molecular weight excluding hydrogens is 212 g/mol. The van der Waals surface area contributed by atoms with E-state index in [0.717, 1.165) is 18.9 Å². The average molecular weight is 226 g/mol. The Morgan fingerprint density at radius 1 is 1.00 bits per heavy atom. The van der Waals surface area contributed by atoms with Gasteiger partial charge in [-0.15, -0.1) is 0 Å². The van der Waals surface area contributed by atoms with Crippen LogP contribution in [0.4, 0.5) is 11.6 Å². The number of pyridine rings is 1. The van der Waals surface area contributed by atoms with Gasteiger partial charge < -0.3 is 10.3 Å². The van der Waals surface area contributed by atoms with Crippen LogP contribution in [-0.4, -0.2) is 4.98 Å². The Morgan fingerprint density at radius 3 is 2.35 bits per heavy atom. The molecule has 0 atom stereocenters. The van der Waals surface area contributed by atoms with Gasteiger partial charge in [0, 0.05) is 13.1 Å². The van der Waals surface area contributed by atoms with Gasteiger partial charge >= 0.3 is 0 Å². The van der Waals surface area contributed by atoms with Gasteiger partial charge in [-0.1, -0.05) is 30.3 Å². The summed E-state index contributed by atoms with van der Waals surface area (Å²) in [6, 6.07) is 14.3. The lowest BCUT2D eigenvalue weighted by Gasteiger charge is -2.16. The molecule has 2 heterocycles. The molecule has 1 aromatic heterocycles. The lowest BCUT2D eigenvalue weighted by atomic mass is 10.1. The van der Waals surface area contributed by atoms with Crippen molar-refractivity contribution in [2.75, 3.05) is 10.3 Å². The van der Waals surface area contributed by atoms with Crippen LogP contribution in [0.2, 0.25) is 0 Å². The third-order valence-corrected chi connectivity index (χ3v) is 3.05. The fraction of sp³-hybridized carbons (Fsp3) is 0.154. The van der Waals surface area contributed by atoms with Gasteiger partial charge in [0.2, 0.25) is 0 Å². The molecule has 1 aromatic carbocycles. The standard InChI is InChI=1S/C13H14N4/c14-16-12-6-3-7-13(15-12)17-8-10-4-1-2-5-11(10)9-17/h1-7H,8-9,14H2,(H,15,16). The van der Waals surface area contributed by atoms with E-state index >= 15 is 0 Å². The van der Waals surface area contributed by atoms with E-state index in [0.29, 0.717) is 5.82 Å². The van der Waals surface area contributed by atoms with E-state index in [1.54, 1.807) is 0 Å². The molecule has 3 N–H and O–H groups in total. The Morgan fingerprint density at radius 2 is 1.71 bits per heavy atom. The van der Waals surface area contributed by atoms with E-state index in [2.05, 4.69) is 39.6 Å². The number of anilines is 2. The number of nitrogens with one attached hydrogen (secondary N) is 1. The van der Waals surface area contributed by atoms with Crippen LogP contribution in [0.3, 0.4) is 0 Å². The molecule has 0 saturated heterocycles. The van der Waals surface area contributed by atoms with Crippen molar-refractivity contribution in [3.8, 4) is 0 Å². The van der Waals surface area contributed by atoms with Gasteiger partial charge in [-0.3, -0.25) is 0 Å². The molecule has 0 radical (unpaired) electrons. The van der Waals surface area contributed by atoms with Crippen molar-refractivity contribution in [3.63, 3.8) is 0 Å². The maximum Gasteiger partial charge on any atom is 0.142 e. The molecule has 0 amide bonds. The van der Waals surface area contributed by atoms with E-state index in [9.17, 15) is 0 Å². The minimum absolute atomic E-state index is 0.693. The molecule has 0 saturated carbocycles. The molecule has 0 aliphatic carbocycles. The second-order valence-corrected chi connectivity index (χ2v) is 4.15. The van der Waals surface area contributed by atoms with Gasteiger partial charge in [-0.05, 0) is 23.3 Å². The van der Waals surface area contributed by atoms with Crippen molar-refractivity contribution >= 4 is 11.6 Å². The quantitative estimate of drug-likeness (QED) is 0.606. The van der Waals surface area contributed by atoms with Gasteiger partial charge in [0.25, 0.3) is 0 Å². The summed E-state index contributed by atoms with van der Waals surface area (Å²) >= 11 is 0. The fourth-order valence-corrected chi connectivity index (χ4v) is 2.17. The number of aromatic nitrogens is 1. The number of nitrogen functional groups attached to an aromatic ring is 1. The van der Waals surface area contributed by atoms with Gasteiger partial charge in [-0.25, -0.2) is 10.8 Å². The number of hydrogen-bond donors (Lipinski definition) is 2. The molecule has 3 rings (SSSR count). The zero-order valence-electron chi connectivity index (χ0n) is 9.43. The summed E-state index contributed by atoms with van der Waals surface area (Å²) in [4.78, 5) is 6.69. The third-order valence-electron chi connectivity index (χ3n) is 3.05. The van der Waals surface area contributed by atoms with Crippen LogP contribution in [0.25, 0.3) is 0 Å². The molecule has 17 heavy (non-hydrogen) atoms. The molecule has 0 spiro atoms. The van der Waals surface area contributed by atoms with E-state index in [1.807, 2.05) is 18.2 Å². The van der Waals surface area contributed by atoms with Crippen molar-refractivity contribution in [1.29, 1.82) is 0 Å². The maximum absolute atomic E-state index is 5.37. The molecule has 4 nitrogen and oxygen atoms in total. The molecule has 1 aliphatic rings. The first kappa shape index (κ1) is 10.1. The molecular formula is C13H14N4. The maximum atomic E-state index is 5.37. The second kappa shape index (κ2) is 4.07. The highest BCUT2D eigenvalue weighted by Gasteiger charge is 2.19. The summed E-state index contributed by atoms with van der Waals surface area (Å²) in [6.45, 7) is 1.83. The Labute approximate surface area is 100 Å². The van der Waals surface area contributed by atoms with Crippen LogP contribution < -0.4 is 16.2 Å². The van der Waals surface area contributed by atoms with Crippen LogP contribution in [0, 0.1) is 0 Å². The lowest BCUT2D eigenvalue weighted by molar-refractivity contribution is 0.857. The minimum Gasteiger partial charge on any atom is -0.348 e. The van der Waals surface area contributed by atoms with Crippen LogP contribution in [-0.2, 0) is 13.1 Å². The number of nitrogens with zero attached hydrogens (tertiary/aromatic N) is 2. The SMILES string of the molecule is NNc1cccc(N2Cc3ccccc3C2)n1. The molecule has 86 valence electrons. The first-order valence-electron chi connectivity index (χ1n) is 5.62. The summed E-state index contributed by atoms with van der Waals surface area (Å²) < 4.78 is 0. The number of hydrogen-bond acceptors (Lipinski definition) is 4. The monoisotopic (exact) mass is 226 g/mol. The zero-order chi connectivity index (χ0) is 11.7. The van der Waals surface area contributed by atoms with Gasteiger partial charge in [0.15, 0.2) is 0 Å². The molecule has 0 bridgehead atoms. The lowest BCUT2D eigenvalue weighted by Crippen LogP contribution is -2.17. The summed E-state index contributed by atoms with van der Waals surface area (Å²) in [7, 11) is 0. The van der Waals surface area contributed by atoms with Gasteiger partial charge in [0.1, 0.15) is 11.6 Å². The van der Waals surface area contributed by atoms with Crippen LogP contribution in [0.15, 0.2) is 42.5 Å². The highest BCUT2D eigenvalue weighted by molar-refractivity contribution is 5.50. The Kier molecular flexibility index (Phi) is 2.42. The van der Waals surface area contributed by atoms with E-state index in [4.69, 9.17) is 5.84 Å². The number of benzene rings is 1. The zero-order valence-corrected chi connectivity index (χ0v) is 9.43. The summed E-state index contributed by atoms with van der Waals surface area (Å²) in [6.07, 6.45) is 0. The molecule has 0 unspecified atom stereocenters. The molecule has 1 aliphatic heterocycles. The Bertz CT molecular complexity index is 513. The Hall–Kier alpha value is -2.07. The number of rotatable bonds is 2. The smallest absolute Gasteiger partial charge is 0.142 e. The topological polar surface area (TPSA) is 54.2 Å². The molecule has 0 fully saturated rings. The first-order chi connectivity index (χ1) is 8.36. The molecule has 4 heteroatoms. The Balaban J connectivity index is 1.88. The van der Waals surface area contributed by atoms with Crippen molar-refractivity contribution < 1.29 is 0 Å². The normalized spacial score (nSPS) is 13.6. The summed E-state index contributed by atoms with van der Waals surface area (Å²) in [5, 5.41) is 0. The van der Waals surface area contributed by atoms with Crippen molar-refractivity contribution in [2.45, 2.75) is 13.1 Å². The summed E-state index contributed by atoms with van der Waals surface area (Å²) in [5.41, 5.74) is 5.32. The second-order valence-electron chi connectivity index (χ2n) is 4.15. The van der Waals surface area contributed by atoms with E-state index in [-0.39, 0.29) is 0 Å². The number of hydrazine groups is 1. The van der Waals surface area contributed by atoms with Crippen LogP contribution >= 0.6 is 0 Å². The first-order valence-corrected chi connectivity index (χ1v) is 5.62. The highest BCUT2D eigenvalue weighted by atomic mass is 15.3. The van der Waals surface area contributed by atoms with Gasteiger partial charge in [0.05, 0.1) is 0 Å². The van der Waals surface area contributed by atoms with Crippen molar-refractivity contribution in [1.82, 2.24) is 4.98 Å². The summed E-state index contributed by atoms with van der Waals surface area (Å²) in [5.74, 6) is 7.02. The number of nitrogens with two attached hydrogens (primary N) is 1. The average Bonchev–Trinajstić information content (AvgIpc) is 2.82. The van der Waals surface area contributed by atoms with Crippen molar-refractivity contribution in [2.24, 2.45) is 5.84 Å². The minimum atomic E-state index is 0.693. The van der Waals surface area contributed by atoms with E-state index < -0.39 is 0 Å². The largest absolute Gasteiger partial charge is 0.348 e. The van der Waals surface area contributed by atoms with Crippen LogP contribution in [0.5, 0.6) is 0 Å². The number of fused-ring (bicyclic) bond motifs is 1. The van der Waals surface area contributed by atoms with Gasteiger partial charge in [-0.2, -0.15) is 0 Å². The van der Waals surface area contributed by atoms with Crippen molar-refractivity contribution in [3.05, 3.63) is 53.6 Å². The highest BCUT2D eigenvalue weighted by Crippen LogP contribution is 2.27. The fourth-order valence-electron chi connectivity index (χ4n) is 2.17.